The van der Waals surface area contributed by atoms with Crippen LogP contribution in [0, 0.1) is 0 Å². The van der Waals surface area contributed by atoms with E-state index in [9.17, 15) is 9.59 Å². The van der Waals surface area contributed by atoms with Gasteiger partial charge in [-0.25, -0.2) is 23.5 Å². The summed E-state index contributed by atoms with van der Waals surface area (Å²) in [5.41, 5.74) is 0.674. The van der Waals surface area contributed by atoms with Crippen molar-refractivity contribution in [3.63, 3.8) is 0 Å². The summed E-state index contributed by atoms with van der Waals surface area (Å²) >= 11 is 40.4. The van der Waals surface area contributed by atoms with Crippen molar-refractivity contribution in [3.05, 3.63) is 72.5 Å². The second kappa shape index (κ2) is 5.75. The zero-order chi connectivity index (χ0) is 21.4. The van der Waals surface area contributed by atoms with Crippen LogP contribution in [0.25, 0.3) is 5.69 Å². The highest BCUT2D eigenvalue weighted by molar-refractivity contribution is 6.67. The molecule has 0 N–H and O–H groups in total. The summed E-state index contributed by atoms with van der Waals surface area (Å²) in [5, 5.41) is 0.114. The molecule has 0 saturated heterocycles. The predicted molar refractivity (Wildman–Crippen MR) is 119 cm³/mol. The van der Waals surface area contributed by atoms with E-state index < -0.39 is 37.5 Å². The molecule has 1 aromatic carbocycles. The lowest BCUT2D eigenvalue weighted by molar-refractivity contribution is 0.226. The van der Waals surface area contributed by atoms with Crippen molar-refractivity contribution in [2.24, 2.45) is 0 Å². The van der Waals surface area contributed by atoms with Crippen LogP contribution in [0.2, 0.25) is 0 Å². The van der Waals surface area contributed by atoms with E-state index in [4.69, 9.17) is 69.6 Å². The van der Waals surface area contributed by atoms with Crippen LogP contribution in [0.15, 0.2) is 61.1 Å². The van der Waals surface area contributed by atoms with E-state index in [1.54, 1.807) is 24.3 Å². The molecule has 0 amide bonds. The molecular weight excluding hydrogens is 515 g/mol. The number of nitrogens with zero attached hydrogens (tertiary/aromatic N) is 3. The summed E-state index contributed by atoms with van der Waals surface area (Å²) in [6.07, 6.45) is 1.13. The van der Waals surface area contributed by atoms with Crippen LogP contribution in [-0.2, 0) is 0 Å². The summed E-state index contributed by atoms with van der Waals surface area (Å²) < 4.78 is 2.22. The van der Waals surface area contributed by atoms with Crippen LogP contribution in [0.1, 0.15) is 24.9 Å². The van der Waals surface area contributed by atoms with Gasteiger partial charge in [-0.2, -0.15) is 0 Å². The standard InChI is InChI=1S/C19H11Cl6N3O2/c20-13-14(21)18(23)12-10-7-6-9(11(12)17(13,22)19(18,24)25)27-15(29)26(16(30)28(10)27)8-4-2-1-3-5-8/h1-5,9-10H,6-7H2/t9-,10+,17-,18+. The first-order valence-corrected chi connectivity index (χ1v) is 11.4. The van der Waals surface area contributed by atoms with Gasteiger partial charge in [-0.05, 0) is 36.1 Å². The number of rotatable bonds is 1. The minimum atomic E-state index is -1.77. The van der Waals surface area contributed by atoms with Crippen LogP contribution in [-0.4, -0.2) is 28.0 Å². The fourth-order valence-electron chi connectivity index (χ4n) is 5.51. The van der Waals surface area contributed by atoms with Gasteiger partial charge in [0.05, 0.1) is 27.8 Å². The Hall–Kier alpha value is -0.820. The van der Waals surface area contributed by atoms with E-state index in [0.717, 1.165) is 4.57 Å². The Morgan fingerprint density at radius 1 is 0.767 bits per heavy atom. The van der Waals surface area contributed by atoms with Gasteiger partial charge in [0.1, 0.15) is 9.75 Å². The van der Waals surface area contributed by atoms with Gasteiger partial charge in [-0.3, -0.25) is 0 Å². The molecule has 0 saturated carbocycles. The molecule has 1 aromatic heterocycles. The first kappa shape index (κ1) is 19.8. The fourth-order valence-corrected chi connectivity index (χ4v) is 8.33. The van der Waals surface area contributed by atoms with Gasteiger partial charge >= 0.3 is 11.4 Å². The van der Waals surface area contributed by atoms with Crippen molar-refractivity contribution in [3.8, 4) is 5.69 Å². The molecule has 0 radical (unpaired) electrons. The zero-order valence-electron chi connectivity index (χ0n) is 14.9. The Bertz CT molecular complexity index is 1260. The highest BCUT2D eigenvalue weighted by Crippen LogP contribution is 2.78. The second-order valence-electron chi connectivity index (χ2n) is 7.88. The fraction of sp³-hybridized carbons (Fsp3) is 0.368. The van der Waals surface area contributed by atoms with E-state index in [1.807, 2.05) is 6.07 Å². The Labute approximate surface area is 199 Å². The largest absolute Gasteiger partial charge is 0.352 e. The summed E-state index contributed by atoms with van der Waals surface area (Å²) in [5.74, 6) is 0. The lowest BCUT2D eigenvalue weighted by Gasteiger charge is -2.45. The summed E-state index contributed by atoms with van der Waals surface area (Å²) in [4.78, 5) is 23.6. The number of fused-ring (bicyclic) bond motifs is 3. The number of aromatic nitrogens is 3. The molecule has 156 valence electrons. The molecule has 3 aliphatic carbocycles. The minimum Gasteiger partial charge on any atom is -0.245 e. The van der Waals surface area contributed by atoms with Crippen LogP contribution in [0.4, 0.5) is 0 Å². The molecular formula is C19H11Cl6N3O2. The molecule has 3 heterocycles. The first-order chi connectivity index (χ1) is 14.1. The number of para-hydroxylation sites is 1. The second-order valence-corrected chi connectivity index (χ2v) is 11.1. The summed E-state index contributed by atoms with van der Waals surface area (Å²) in [7, 11) is 0. The van der Waals surface area contributed by atoms with Crippen LogP contribution >= 0.6 is 69.6 Å². The molecule has 2 aliphatic heterocycles. The van der Waals surface area contributed by atoms with E-state index in [2.05, 4.69) is 0 Å². The van der Waals surface area contributed by atoms with E-state index in [1.165, 1.54) is 9.36 Å². The van der Waals surface area contributed by atoms with Gasteiger partial charge in [0.2, 0.25) is 0 Å². The first-order valence-electron chi connectivity index (χ1n) is 9.18. The maximum absolute atomic E-state index is 13.4. The molecule has 4 bridgehead atoms. The predicted octanol–water partition coefficient (Wildman–Crippen LogP) is 4.83. The number of benzene rings is 1. The molecule has 2 aromatic rings. The lowest BCUT2D eigenvalue weighted by Crippen LogP contribution is -2.48. The number of allylic oxidation sites excluding steroid dienone is 4. The third-order valence-electron chi connectivity index (χ3n) is 6.69. The van der Waals surface area contributed by atoms with Crippen molar-refractivity contribution in [1.29, 1.82) is 0 Å². The van der Waals surface area contributed by atoms with Crippen molar-refractivity contribution in [2.75, 3.05) is 0 Å². The molecule has 5 aliphatic rings. The highest BCUT2D eigenvalue weighted by atomic mass is 35.5. The Kier molecular flexibility index (Phi) is 3.80. The van der Waals surface area contributed by atoms with Crippen molar-refractivity contribution < 1.29 is 0 Å². The van der Waals surface area contributed by atoms with Crippen molar-refractivity contribution >= 4 is 69.6 Å². The maximum atomic E-state index is 13.4. The van der Waals surface area contributed by atoms with E-state index >= 15 is 0 Å². The molecule has 0 unspecified atom stereocenters. The number of hydrogen-bond acceptors (Lipinski definition) is 2. The highest BCUT2D eigenvalue weighted by Gasteiger charge is 2.81. The molecule has 0 spiro atoms. The summed E-state index contributed by atoms with van der Waals surface area (Å²) in [6.45, 7) is 0. The third-order valence-corrected chi connectivity index (χ3v) is 10.8. The summed E-state index contributed by atoms with van der Waals surface area (Å²) in [6, 6.07) is 7.60. The van der Waals surface area contributed by atoms with Gasteiger partial charge < -0.3 is 0 Å². The minimum absolute atomic E-state index is 0.0570. The maximum Gasteiger partial charge on any atom is 0.352 e. The number of halogens is 6. The Morgan fingerprint density at radius 3 is 1.63 bits per heavy atom. The van der Waals surface area contributed by atoms with Crippen molar-refractivity contribution in [2.45, 2.75) is 39.0 Å². The molecule has 11 heteroatoms. The molecule has 5 nitrogen and oxygen atoms in total. The van der Waals surface area contributed by atoms with Gasteiger partial charge in [0.25, 0.3) is 0 Å². The average molecular weight is 526 g/mol. The SMILES string of the molecule is O=c1n(-c2ccccc2)c(=O)n2n1[C@@H]1CC[C@H]2C2=C1[C@@]1(Cl)C(Cl)=C(Cl)[C@]2(Cl)C1(Cl)Cl. The topological polar surface area (TPSA) is 48.9 Å². The van der Waals surface area contributed by atoms with E-state index in [-0.39, 0.29) is 10.1 Å². The van der Waals surface area contributed by atoms with Gasteiger partial charge in [-0.15, -0.1) is 23.2 Å². The average Bonchev–Trinajstić information content (AvgIpc) is 3.14. The smallest absolute Gasteiger partial charge is 0.245 e. The number of alkyl halides is 4. The molecule has 30 heavy (non-hydrogen) atoms. The number of hydrogen-bond donors (Lipinski definition) is 0. The monoisotopic (exact) mass is 523 g/mol. The quantitative estimate of drug-likeness (QED) is 0.395. The molecule has 7 rings (SSSR count). The van der Waals surface area contributed by atoms with Gasteiger partial charge in [0.15, 0.2) is 4.33 Å². The van der Waals surface area contributed by atoms with Crippen molar-refractivity contribution in [1.82, 2.24) is 13.9 Å². The Morgan fingerprint density at radius 2 is 1.20 bits per heavy atom. The lowest BCUT2D eigenvalue weighted by atomic mass is 9.77. The van der Waals surface area contributed by atoms with Gasteiger partial charge in [-0.1, -0.05) is 64.6 Å². The third kappa shape index (κ3) is 1.78. The zero-order valence-corrected chi connectivity index (χ0v) is 19.4. The normalized spacial score (nSPS) is 35.3. The van der Waals surface area contributed by atoms with E-state index in [0.29, 0.717) is 29.7 Å². The van der Waals surface area contributed by atoms with Crippen LogP contribution in [0.5, 0.6) is 0 Å². The van der Waals surface area contributed by atoms with Crippen LogP contribution in [0.3, 0.4) is 0 Å². The molecule has 4 atom stereocenters. The Balaban J connectivity index is 1.67. The van der Waals surface area contributed by atoms with Crippen LogP contribution < -0.4 is 11.4 Å². The van der Waals surface area contributed by atoms with Gasteiger partial charge in [0, 0.05) is 0 Å². The molecule has 0 fully saturated rings.